The summed E-state index contributed by atoms with van der Waals surface area (Å²) in [6.07, 6.45) is -1.75. The van der Waals surface area contributed by atoms with Gasteiger partial charge in [-0.15, -0.1) is 0 Å². The van der Waals surface area contributed by atoms with Crippen molar-refractivity contribution in [3.05, 3.63) is 0 Å². The Hall–Kier alpha value is -0.0200. The number of rotatable bonds is 3. The van der Waals surface area contributed by atoms with E-state index < -0.39 is 25.4 Å². The highest BCUT2D eigenvalue weighted by molar-refractivity contribution is 7.59. The van der Waals surface area contributed by atoms with Crippen molar-refractivity contribution in [2.75, 3.05) is 13.3 Å². The Bertz CT molecular complexity index is 246. The summed E-state index contributed by atoms with van der Waals surface area (Å²) in [5.74, 6) is 0. The summed E-state index contributed by atoms with van der Waals surface area (Å²) in [7, 11) is -2.40. The maximum atomic E-state index is 12.2. The first-order chi connectivity index (χ1) is 6.87. The number of hydrogen-bond acceptors (Lipinski definition) is 2. The normalized spacial score (nSPS) is 23.7. The first kappa shape index (κ1) is 13.0. The Balaban J connectivity index is 2.70. The maximum absolute atomic E-state index is 12.2. The summed E-state index contributed by atoms with van der Waals surface area (Å²) in [5, 5.41) is 0. The SMILES string of the molecule is COP(=O)(CC(F)(F)F)C1CCCCC1. The molecule has 1 aliphatic rings. The van der Waals surface area contributed by atoms with Gasteiger partial charge in [0.2, 0.25) is 7.37 Å². The van der Waals surface area contributed by atoms with Gasteiger partial charge in [0, 0.05) is 12.8 Å². The van der Waals surface area contributed by atoms with Gasteiger partial charge in [0.15, 0.2) is 0 Å². The molecule has 1 saturated carbocycles. The van der Waals surface area contributed by atoms with Gasteiger partial charge < -0.3 is 4.52 Å². The van der Waals surface area contributed by atoms with Crippen LogP contribution in [0.1, 0.15) is 32.1 Å². The van der Waals surface area contributed by atoms with E-state index in [9.17, 15) is 17.7 Å². The van der Waals surface area contributed by atoms with Gasteiger partial charge in [-0.2, -0.15) is 13.2 Å². The lowest BCUT2D eigenvalue weighted by Gasteiger charge is -2.29. The largest absolute Gasteiger partial charge is 0.398 e. The summed E-state index contributed by atoms with van der Waals surface area (Å²) < 4.78 is 53.4. The molecule has 0 aromatic carbocycles. The zero-order valence-corrected chi connectivity index (χ0v) is 9.61. The van der Waals surface area contributed by atoms with Gasteiger partial charge in [-0.25, -0.2) is 0 Å². The standard InChI is InChI=1S/C9H16F3O2P/c1-14-15(13,7-9(10,11)12)8-5-3-2-4-6-8/h8H,2-7H2,1H3. The zero-order chi connectivity index (χ0) is 11.5. The molecular formula is C9H16F3O2P. The monoisotopic (exact) mass is 244 g/mol. The van der Waals surface area contributed by atoms with Crippen LogP contribution in [0.25, 0.3) is 0 Å². The molecule has 0 aromatic heterocycles. The van der Waals surface area contributed by atoms with E-state index in [1.165, 1.54) is 0 Å². The maximum Gasteiger partial charge on any atom is 0.398 e. The predicted molar refractivity (Wildman–Crippen MR) is 52.4 cm³/mol. The minimum absolute atomic E-state index is 0.391. The van der Waals surface area contributed by atoms with Crippen molar-refractivity contribution in [1.82, 2.24) is 0 Å². The third kappa shape index (κ3) is 3.80. The fourth-order valence-electron chi connectivity index (χ4n) is 2.07. The Labute approximate surface area is 87.6 Å². The highest BCUT2D eigenvalue weighted by Crippen LogP contribution is 2.58. The van der Waals surface area contributed by atoms with Gasteiger partial charge in [0.25, 0.3) is 0 Å². The van der Waals surface area contributed by atoms with Crippen LogP contribution < -0.4 is 0 Å². The van der Waals surface area contributed by atoms with Crippen LogP contribution >= 0.6 is 7.37 Å². The average Bonchev–Trinajstić information content (AvgIpc) is 2.16. The second kappa shape index (κ2) is 4.88. The van der Waals surface area contributed by atoms with Crippen molar-refractivity contribution < 1.29 is 22.3 Å². The van der Waals surface area contributed by atoms with Crippen LogP contribution in [0.15, 0.2) is 0 Å². The minimum atomic E-state index is -4.40. The molecular weight excluding hydrogens is 228 g/mol. The molecule has 0 spiro atoms. The third-order valence-corrected chi connectivity index (χ3v) is 5.89. The predicted octanol–water partition coefficient (Wildman–Crippen LogP) is 3.81. The summed E-state index contributed by atoms with van der Waals surface area (Å²) in [6.45, 7) is 0. The molecule has 0 radical (unpaired) electrons. The Morgan fingerprint density at radius 3 is 2.20 bits per heavy atom. The molecule has 0 aliphatic heterocycles. The van der Waals surface area contributed by atoms with E-state index in [-0.39, 0.29) is 0 Å². The third-order valence-electron chi connectivity index (χ3n) is 2.84. The van der Waals surface area contributed by atoms with Gasteiger partial charge in [-0.1, -0.05) is 19.3 Å². The number of alkyl halides is 3. The molecule has 15 heavy (non-hydrogen) atoms. The van der Waals surface area contributed by atoms with E-state index in [1.807, 2.05) is 0 Å². The van der Waals surface area contributed by atoms with Gasteiger partial charge in [0.1, 0.15) is 6.16 Å². The van der Waals surface area contributed by atoms with Crippen molar-refractivity contribution in [3.63, 3.8) is 0 Å². The quantitative estimate of drug-likeness (QED) is 0.705. The molecule has 0 bridgehead atoms. The number of hydrogen-bond donors (Lipinski definition) is 0. The second-order valence-electron chi connectivity index (χ2n) is 3.97. The summed E-state index contributed by atoms with van der Waals surface area (Å²) >= 11 is 0. The highest BCUT2D eigenvalue weighted by Gasteiger charge is 2.44. The Kier molecular flexibility index (Phi) is 4.24. The first-order valence-corrected chi connectivity index (χ1v) is 6.96. The first-order valence-electron chi connectivity index (χ1n) is 5.08. The van der Waals surface area contributed by atoms with Crippen LogP contribution in [0.5, 0.6) is 0 Å². The Morgan fingerprint density at radius 2 is 1.80 bits per heavy atom. The van der Waals surface area contributed by atoms with Crippen LogP contribution in [0, 0.1) is 0 Å². The lowest BCUT2D eigenvalue weighted by Crippen LogP contribution is -2.23. The molecule has 0 saturated heterocycles. The molecule has 0 N–H and O–H groups in total. The van der Waals surface area contributed by atoms with E-state index in [2.05, 4.69) is 4.52 Å². The van der Waals surface area contributed by atoms with Crippen LogP contribution in [-0.2, 0) is 9.09 Å². The van der Waals surface area contributed by atoms with Gasteiger partial charge >= 0.3 is 6.18 Å². The van der Waals surface area contributed by atoms with E-state index in [4.69, 9.17) is 0 Å². The van der Waals surface area contributed by atoms with E-state index in [0.717, 1.165) is 26.4 Å². The molecule has 90 valence electrons. The topological polar surface area (TPSA) is 26.3 Å². The number of halogens is 3. The second-order valence-corrected chi connectivity index (χ2v) is 6.84. The van der Waals surface area contributed by atoms with Crippen LogP contribution in [0.3, 0.4) is 0 Å². The highest BCUT2D eigenvalue weighted by atomic mass is 31.2. The lowest BCUT2D eigenvalue weighted by molar-refractivity contribution is -0.108. The van der Waals surface area contributed by atoms with E-state index >= 15 is 0 Å². The Morgan fingerprint density at radius 1 is 1.27 bits per heavy atom. The van der Waals surface area contributed by atoms with Gasteiger partial charge in [-0.3, -0.25) is 4.57 Å². The van der Waals surface area contributed by atoms with Gasteiger partial charge in [-0.05, 0) is 12.8 Å². The molecule has 1 unspecified atom stereocenters. The molecule has 1 rings (SSSR count). The minimum Gasteiger partial charge on any atom is -0.331 e. The molecule has 0 aromatic rings. The van der Waals surface area contributed by atoms with Crippen molar-refractivity contribution in [2.24, 2.45) is 0 Å². The van der Waals surface area contributed by atoms with Crippen molar-refractivity contribution >= 4 is 7.37 Å². The molecule has 1 atom stereocenters. The van der Waals surface area contributed by atoms with E-state index in [0.29, 0.717) is 12.8 Å². The summed E-state index contributed by atoms with van der Waals surface area (Å²) in [5.41, 5.74) is -0.391. The fraction of sp³-hybridized carbons (Fsp3) is 1.00. The lowest BCUT2D eigenvalue weighted by atomic mass is 10.0. The van der Waals surface area contributed by atoms with Gasteiger partial charge in [0.05, 0.1) is 0 Å². The zero-order valence-electron chi connectivity index (χ0n) is 8.72. The molecule has 0 amide bonds. The molecule has 0 heterocycles. The van der Waals surface area contributed by atoms with Crippen LogP contribution in [0.4, 0.5) is 13.2 Å². The van der Waals surface area contributed by atoms with Crippen LogP contribution in [0.2, 0.25) is 0 Å². The van der Waals surface area contributed by atoms with Crippen molar-refractivity contribution in [3.8, 4) is 0 Å². The van der Waals surface area contributed by atoms with Crippen molar-refractivity contribution in [2.45, 2.75) is 43.9 Å². The molecule has 2 nitrogen and oxygen atoms in total. The summed E-state index contributed by atoms with van der Waals surface area (Å²) in [4.78, 5) is 0. The fourth-order valence-corrected chi connectivity index (χ4v) is 4.40. The molecule has 1 fully saturated rings. The van der Waals surface area contributed by atoms with Crippen LogP contribution in [-0.4, -0.2) is 25.1 Å². The average molecular weight is 244 g/mol. The van der Waals surface area contributed by atoms with Crippen molar-refractivity contribution in [1.29, 1.82) is 0 Å². The summed E-state index contributed by atoms with van der Waals surface area (Å²) in [6, 6.07) is 0. The molecule has 6 heteroatoms. The van der Waals surface area contributed by atoms with E-state index in [1.54, 1.807) is 0 Å². The molecule has 1 aliphatic carbocycles. The smallest absolute Gasteiger partial charge is 0.331 e.